The Hall–Kier alpha value is -18.6. The van der Waals surface area contributed by atoms with Gasteiger partial charge in [0, 0.05) is 344 Å². The maximum Gasteiger partial charge on any atom is 0.161 e. The van der Waals surface area contributed by atoms with Crippen LogP contribution in [-0.2, 0) is 32.4 Å². The fourth-order valence-electron chi connectivity index (χ4n) is 7.70. The number of methoxy groups -OCH3 is 1. The van der Waals surface area contributed by atoms with Crippen molar-refractivity contribution in [3.05, 3.63) is 94.2 Å². The van der Waals surface area contributed by atoms with E-state index in [2.05, 4.69) is 492 Å². The van der Waals surface area contributed by atoms with E-state index in [9.17, 15) is 0 Å². The lowest BCUT2D eigenvalue weighted by Gasteiger charge is -2.40. The summed E-state index contributed by atoms with van der Waals surface area (Å²) < 4.78 is 12.0. The number of para-hydroxylation sites is 1. The van der Waals surface area contributed by atoms with E-state index in [-0.39, 0.29) is 0 Å². The predicted molar refractivity (Wildman–Crippen MR) is 416 cm³/mol. The van der Waals surface area contributed by atoms with Crippen molar-refractivity contribution in [3.63, 3.8) is 0 Å². The molecule has 4 heteroatoms. The molecule has 3 heterocycles. The van der Waals surface area contributed by atoms with E-state index in [0.717, 1.165) is 43.9 Å². The number of aromatic amines is 1. The molecule has 3 aromatic carbocycles. The molecule has 105 heavy (non-hydrogen) atoms. The first-order valence-electron chi connectivity index (χ1n) is 30.2. The van der Waals surface area contributed by atoms with Gasteiger partial charge in [-0.1, -0.05) is 61.2 Å². The van der Waals surface area contributed by atoms with Crippen LogP contribution in [0, 0.1) is 414 Å². The summed E-state index contributed by atoms with van der Waals surface area (Å²) in [7, 11) is 1.74. The Bertz CT molecular complexity index is 6400. The molecule has 2 aliphatic rings. The van der Waals surface area contributed by atoms with E-state index in [1.807, 2.05) is 0 Å². The highest BCUT2D eigenvalue weighted by Gasteiger charge is 2.34. The molecule has 0 aliphatic carbocycles. The van der Waals surface area contributed by atoms with Gasteiger partial charge < -0.3 is 14.5 Å². The third-order valence-corrected chi connectivity index (χ3v) is 11.8. The second kappa shape index (κ2) is 53.7. The third-order valence-electron chi connectivity index (χ3n) is 11.8. The molecule has 4 aromatic rings. The van der Waals surface area contributed by atoms with Gasteiger partial charge in [0.05, 0.1) is 7.11 Å². The van der Waals surface area contributed by atoms with E-state index >= 15 is 0 Å². The van der Waals surface area contributed by atoms with Crippen LogP contribution in [0.15, 0.2) is 60.7 Å². The van der Waals surface area contributed by atoms with Crippen molar-refractivity contribution in [1.29, 1.82) is 0 Å². The highest BCUT2D eigenvalue weighted by molar-refractivity contribution is 5.85. The first-order valence-corrected chi connectivity index (χ1v) is 30.2. The minimum Gasteiger partial charge on any atom is -0.493 e. The highest BCUT2D eigenvalue weighted by Crippen LogP contribution is 2.44. The summed E-state index contributed by atoms with van der Waals surface area (Å²) in [6.07, 6.45) is 3.12. The van der Waals surface area contributed by atoms with Crippen LogP contribution in [0.5, 0.6) is 11.5 Å². The molecule has 0 spiro atoms. The predicted octanol–water partition coefficient (Wildman–Crippen LogP) is 7.12. The molecule has 1 N–H and O–H groups in total. The maximum atomic E-state index is 6.25. The molecular formula is C101H36N2O2. The smallest absolute Gasteiger partial charge is 0.161 e. The number of aromatic nitrogens is 1. The minimum absolute atomic E-state index is 0.380. The molecule has 0 radical (unpaired) electrons. The van der Waals surface area contributed by atoms with Crippen LogP contribution < -0.4 is 9.47 Å². The number of nitrogens with zero attached hydrogens (tertiary/aromatic N) is 1. The molecule has 1 atom stereocenters. The fourth-order valence-corrected chi connectivity index (χ4v) is 7.70. The van der Waals surface area contributed by atoms with E-state index < -0.39 is 0 Å². The van der Waals surface area contributed by atoms with Crippen LogP contribution in [0.2, 0.25) is 0 Å². The zero-order valence-electron chi connectivity index (χ0n) is 56.4. The molecule has 0 fully saturated rings. The maximum absolute atomic E-state index is 6.25. The quantitative estimate of drug-likeness (QED) is 0.217. The van der Waals surface area contributed by atoms with Gasteiger partial charge in [-0.2, -0.15) is 0 Å². The van der Waals surface area contributed by atoms with Crippen molar-refractivity contribution in [2.75, 3.05) is 13.7 Å². The summed E-state index contributed by atoms with van der Waals surface area (Å²) in [5.74, 6) is 177. The summed E-state index contributed by atoms with van der Waals surface area (Å²) in [6, 6.07) is 22.2. The lowest BCUT2D eigenvalue weighted by molar-refractivity contribution is 0.158. The van der Waals surface area contributed by atoms with Crippen molar-refractivity contribution in [1.82, 2.24) is 9.88 Å². The number of hydrogen-bond acceptors (Lipinski definition) is 3. The molecule has 0 saturated carbocycles. The van der Waals surface area contributed by atoms with Gasteiger partial charge in [0.15, 0.2) is 11.5 Å². The second-order valence-corrected chi connectivity index (χ2v) is 18.2. The number of H-pyrrole nitrogens is 1. The van der Waals surface area contributed by atoms with Crippen molar-refractivity contribution in [3.8, 4) is 426 Å². The van der Waals surface area contributed by atoms with Gasteiger partial charge in [0.1, 0.15) is 6.61 Å². The van der Waals surface area contributed by atoms with Crippen LogP contribution in [0.3, 0.4) is 0 Å². The van der Waals surface area contributed by atoms with Gasteiger partial charge in [-0.3, -0.25) is 4.90 Å². The van der Waals surface area contributed by atoms with Gasteiger partial charge in [-0.15, -0.1) is 0 Å². The van der Waals surface area contributed by atoms with E-state index in [1.54, 1.807) is 21.0 Å². The molecule has 1 aromatic heterocycles. The Labute approximate surface area is 619 Å². The molecule has 4 nitrogen and oxygen atoms in total. The number of rotatable bonds is 5. The number of nitrogens with one attached hydrogen (secondary N) is 1. The van der Waals surface area contributed by atoms with Crippen LogP contribution in [-0.4, -0.2) is 23.5 Å². The number of hydrogen-bond donors (Lipinski definition) is 1. The lowest BCUT2D eigenvalue weighted by Crippen LogP contribution is -2.39. The zero-order valence-corrected chi connectivity index (χ0v) is 56.4. The number of aryl methyl sites for hydroxylation is 1. The van der Waals surface area contributed by atoms with Crippen molar-refractivity contribution >= 4 is 10.9 Å². The van der Waals surface area contributed by atoms with Gasteiger partial charge in [-0.05, 0) is 174 Å². The van der Waals surface area contributed by atoms with Crippen LogP contribution >= 0.6 is 0 Å². The molecule has 0 saturated heterocycles. The molecular weight excluding hydrogens is 1270 g/mol. The van der Waals surface area contributed by atoms with Crippen molar-refractivity contribution < 1.29 is 9.47 Å². The molecule has 6 rings (SSSR count). The summed E-state index contributed by atoms with van der Waals surface area (Å²) in [6.45, 7) is 8.14. The normalized spacial score (nSPS) is 8.17. The van der Waals surface area contributed by atoms with E-state index in [4.69, 9.17) is 9.47 Å². The minimum atomic E-state index is 0.380. The van der Waals surface area contributed by atoms with Crippen LogP contribution in [0.25, 0.3) is 10.9 Å². The van der Waals surface area contributed by atoms with Crippen molar-refractivity contribution in [2.24, 2.45) is 0 Å². The molecule has 0 amide bonds. The van der Waals surface area contributed by atoms with Gasteiger partial charge in [-0.25, -0.2) is 0 Å². The average Bonchev–Trinajstić information content (AvgIpc) is 1.70. The Balaban J connectivity index is 0.000000487. The average molecular weight is 1310 g/mol. The van der Waals surface area contributed by atoms with Crippen LogP contribution in [0.1, 0.15) is 60.3 Å². The molecule has 1 unspecified atom stereocenters. The number of ether oxygens (including phenoxy) is 2. The number of fused-ring (bicyclic) bond motifs is 6. The summed E-state index contributed by atoms with van der Waals surface area (Å²) in [5.41, 5.74) is 9.38. The third kappa shape index (κ3) is 35.4. The summed E-state index contributed by atoms with van der Waals surface area (Å²) in [4.78, 5) is 6.26. The first kappa shape index (κ1) is 77.1. The SMILES string of the molecule is CC#CC#CC#CC#CC#CC#CC#CC#CC#CC#CC#CC#CC#CC#CC#CC#CC#CC#CC#CC#CC#CC#CC#CC#CC#CC#CC#CC#CC#CC#CC#CC#CC#CC#CC#CC.CCc1ccc(COc2cc3c(cc2OC)C2Cc4c([nH]c5ccccc45)CN2CC3)cc1. The Kier molecular flexibility index (Phi) is 39.4. The molecule has 2 aliphatic heterocycles. The van der Waals surface area contributed by atoms with Gasteiger partial charge in [0.25, 0.3) is 0 Å². The largest absolute Gasteiger partial charge is 0.493 e. The molecule has 0 bridgehead atoms. The Morgan fingerprint density at radius 3 is 0.924 bits per heavy atom. The van der Waals surface area contributed by atoms with E-state index in [1.165, 1.54) is 44.4 Å². The summed E-state index contributed by atoms with van der Waals surface area (Å²) in [5, 5.41) is 1.36. The first-order chi connectivity index (χ1) is 52.1. The fraction of sp³-hybridized carbons (Fsp3) is 0.109. The Morgan fingerprint density at radius 2 is 0.638 bits per heavy atom. The second-order valence-electron chi connectivity index (χ2n) is 18.2. The van der Waals surface area contributed by atoms with E-state index in [0.29, 0.717) is 12.6 Å². The standard InChI is InChI=1S/C72H6.C29H30N2O2/c1-3-5-7-9-11-13-15-17-19-21-23-25-27-29-31-33-35-37-39-41-43-45-47-49-51-53-55-57-59-61-63-65-67-69-71-72-70-68-66-64-62-60-58-56-54-52-50-48-46-44-42-40-38-36-34-32-30-28-26-24-22-20-18-16-14-12-10-8-6-4-2;1-3-19-8-10-20(11-9-19)18-33-29-14-21-12-13-31-17-26-24(22-6-4-5-7-25(22)30-26)15-27(31)23(21)16-28(29)32-2/h1-2H3;4-11,14,16,27,30H,3,12-13,15,17-18H2,1-2H3. The van der Waals surface area contributed by atoms with Crippen LogP contribution in [0.4, 0.5) is 0 Å². The lowest BCUT2D eigenvalue weighted by atomic mass is 9.85. The zero-order chi connectivity index (χ0) is 73.9. The van der Waals surface area contributed by atoms with Gasteiger partial charge >= 0.3 is 0 Å². The molecule has 462 valence electrons. The van der Waals surface area contributed by atoms with Crippen molar-refractivity contribution in [2.45, 2.75) is 59.2 Å². The Morgan fingerprint density at radius 1 is 0.352 bits per heavy atom. The monoisotopic (exact) mass is 1310 g/mol. The van der Waals surface area contributed by atoms with Gasteiger partial charge in [0.2, 0.25) is 0 Å². The summed E-state index contributed by atoms with van der Waals surface area (Å²) >= 11 is 0. The number of benzene rings is 3. The highest BCUT2D eigenvalue weighted by atomic mass is 16.5. The topological polar surface area (TPSA) is 37.5 Å².